The van der Waals surface area contributed by atoms with E-state index in [4.69, 9.17) is 0 Å². The van der Waals surface area contributed by atoms with Crippen molar-refractivity contribution >= 4 is 5.78 Å². The zero-order chi connectivity index (χ0) is 11.4. The predicted octanol–water partition coefficient (Wildman–Crippen LogP) is 2.50. The lowest BCUT2D eigenvalue weighted by Gasteiger charge is -2.12. The van der Waals surface area contributed by atoms with Crippen LogP contribution in [0.15, 0.2) is 12.4 Å². The molecule has 0 atom stereocenters. The van der Waals surface area contributed by atoms with E-state index in [2.05, 4.69) is 4.98 Å². The predicted molar refractivity (Wildman–Crippen MR) is 63.1 cm³/mol. The van der Waals surface area contributed by atoms with Crippen LogP contribution in [0.2, 0.25) is 0 Å². The van der Waals surface area contributed by atoms with Crippen molar-refractivity contribution in [3.63, 3.8) is 0 Å². The van der Waals surface area contributed by atoms with Crippen LogP contribution in [0, 0.1) is 5.92 Å². The molecule has 1 aliphatic rings. The largest absolute Gasteiger partial charge is 0.338 e. The summed E-state index contributed by atoms with van der Waals surface area (Å²) in [6, 6.07) is 0. The Kier molecular flexibility index (Phi) is 3.75. The molecule has 3 heteroatoms. The molecule has 0 N–H and O–H groups in total. The Balaban J connectivity index is 1.94. The van der Waals surface area contributed by atoms with Crippen molar-refractivity contribution in [3.8, 4) is 0 Å². The molecule has 0 unspecified atom stereocenters. The fourth-order valence-electron chi connectivity index (χ4n) is 2.47. The molecule has 0 spiro atoms. The third kappa shape index (κ3) is 2.71. The van der Waals surface area contributed by atoms with E-state index < -0.39 is 0 Å². The zero-order valence-electron chi connectivity index (χ0n) is 9.98. The fourth-order valence-corrected chi connectivity index (χ4v) is 2.47. The third-order valence-corrected chi connectivity index (χ3v) is 3.56. The van der Waals surface area contributed by atoms with Gasteiger partial charge in [-0.3, -0.25) is 4.79 Å². The van der Waals surface area contributed by atoms with E-state index in [1.807, 2.05) is 17.8 Å². The molecular weight excluding hydrogens is 200 g/mol. The molecule has 3 nitrogen and oxygen atoms in total. The van der Waals surface area contributed by atoms with Crippen molar-refractivity contribution < 1.29 is 4.79 Å². The summed E-state index contributed by atoms with van der Waals surface area (Å²) in [5, 5.41) is 0. The SMILES string of the molecule is Cn1ccnc1CC(=O)C1CCCCCC1. The molecule has 0 aromatic carbocycles. The van der Waals surface area contributed by atoms with Crippen molar-refractivity contribution in [1.82, 2.24) is 9.55 Å². The van der Waals surface area contributed by atoms with Crippen LogP contribution < -0.4 is 0 Å². The van der Waals surface area contributed by atoms with Gasteiger partial charge in [0.2, 0.25) is 0 Å². The molecule has 1 saturated carbocycles. The maximum absolute atomic E-state index is 12.1. The quantitative estimate of drug-likeness (QED) is 0.734. The number of Topliss-reactive ketones (excluding diaryl/α,β-unsaturated/α-hetero) is 1. The Bertz CT molecular complexity index is 349. The normalized spacial score (nSPS) is 18.3. The van der Waals surface area contributed by atoms with E-state index in [0.29, 0.717) is 18.1 Å². The second-order valence-corrected chi connectivity index (χ2v) is 4.79. The summed E-state index contributed by atoms with van der Waals surface area (Å²) in [4.78, 5) is 16.3. The van der Waals surface area contributed by atoms with Gasteiger partial charge in [-0.1, -0.05) is 25.7 Å². The Morgan fingerprint density at radius 1 is 1.38 bits per heavy atom. The molecule has 1 fully saturated rings. The summed E-state index contributed by atoms with van der Waals surface area (Å²) in [6.07, 6.45) is 11.4. The Hall–Kier alpha value is -1.12. The van der Waals surface area contributed by atoms with Crippen LogP contribution in [0.3, 0.4) is 0 Å². The summed E-state index contributed by atoms with van der Waals surface area (Å²) in [5.41, 5.74) is 0. The standard InChI is InChI=1S/C13H20N2O/c1-15-9-8-14-13(15)10-12(16)11-6-4-2-3-5-7-11/h8-9,11H,2-7,10H2,1H3. The van der Waals surface area contributed by atoms with Crippen molar-refractivity contribution in [1.29, 1.82) is 0 Å². The number of carbonyl (C=O) groups excluding carboxylic acids is 1. The molecule has 88 valence electrons. The van der Waals surface area contributed by atoms with Gasteiger partial charge in [-0.25, -0.2) is 4.98 Å². The molecule has 0 bridgehead atoms. The van der Waals surface area contributed by atoms with Gasteiger partial charge >= 0.3 is 0 Å². The van der Waals surface area contributed by atoms with Gasteiger partial charge in [-0.2, -0.15) is 0 Å². The molecule has 1 aromatic heterocycles. The average Bonchev–Trinajstić information content (AvgIpc) is 2.57. The second-order valence-electron chi connectivity index (χ2n) is 4.79. The van der Waals surface area contributed by atoms with Crippen LogP contribution in [-0.4, -0.2) is 15.3 Å². The van der Waals surface area contributed by atoms with Gasteiger partial charge in [0.25, 0.3) is 0 Å². The summed E-state index contributed by atoms with van der Waals surface area (Å²) in [7, 11) is 1.95. The summed E-state index contributed by atoms with van der Waals surface area (Å²) < 4.78 is 1.94. The zero-order valence-corrected chi connectivity index (χ0v) is 9.98. The molecule has 1 aromatic rings. The lowest BCUT2D eigenvalue weighted by atomic mass is 9.93. The smallest absolute Gasteiger partial charge is 0.143 e. The molecule has 0 saturated heterocycles. The minimum Gasteiger partial charge on any atom is -0.338 e. The van der Waals surface area contributed by atoms with Gasteiger partial charge in [0, 0.05) is 25.4 Å². The number of hydrogen-bond donors (Lipinski definition) is 0. The van der Waals surface area contributed by atoms with Crippen LogP contribution in [0.25, 0.3) is 0 Å². The summed E-state index contributed by atoms with van der Waals surface area (Å²) in [6.45, 7) is 0. The highest BCUT2D eigenvalue weighted by Crippen LogP contribution is 2.24. The summed E-state index contributed by atoms with van der Waals surface area (Å²) >= 11 is 0. The van der Waals surface area contributed by atoms with Crippen molar-refractivity contribution in [2.45, 2.75) is 44.9 Å². The maximum Gasteiger partial charge on any atom is 0.143 e. The maximum atomic E-state index is 12.1. The monoisotopic (exact) mass is 220 g/mol. The Morgan fingerprint density at radius 2 is 2.06 bits per heavy atom. The number of aromatic nitrogens is 2. The molecule has 0 amide bonds. The van der Waals surface area contributed by atoms with Crippen LogP contribution >= 0.6 is 0 Å². The average molecular weight is 220 g/mol. The van der Waals surface area contributed by atoms with Crippen LogP contribution in [0.1, 0.15) is 44.3 Å². The number of aryl methyl sites for hydroxylation is 1. The minimum atomic E-state index is 0.291. The van der Waals surface area contributed by atoms with Gasteiger partial charge in [-0.15, -0.1) is 0 Å². The fraction of sp³-hybridized carbons (Fsp3) is 0.692. The van der Waals surface area contributed by atoms with Gasteiger partial charge in [0.1, 0.15) is 11.6 Å². The first-order valence-corrected chi connectivity index (χ1v) is 6.26. The topological polar surface area (TPSA) is 34.9 Å². The van der Waals surface area contributed by atoms with Crippen LogP contribution in [-0.2, 0) is 18.3 Å². The van der Waals surface area contributed by atoms with Crippen molar-refractivity contribution in [3.05, 3.63) is 18.2 Å². The van der Waals surface area contributed by atoms with Crippen LogP contribution in [0.5, 0.6) is 0 Å². The highest BCUT2D eigenvalue weighted by Gasteiger charge is 2.21. The van der Waals surface area contributed by atoms with Gasteiger partial charge in [0.15, 0.2) is 0 Å². The Morgan fingerprint density at radius 3 is 2.62 bits per heavy atom. The molecular formula is C13H20N2O. The van der Waals surface area contributed by atoms with Gasteiger partial charge in [-0.05, 0) is 12.8 Å². The van der Waals surface area contributed by atoms with E-state index in [-0.39, 0.29) is 0 Å². The first-order chi connectivity index (χ1) is 7.77. The van der Waals surface area contributed by atoms with Gasteiger partial charge < -0.3 is 4.57 Å². The van der Waals surface area contributed by atoms with E-state index in [1.54, 1.807) is 6.20 Å². The lowest BCUT2D eigenvalue weighted by molar-refractivity contribution is -0.122. The van der Waals surface area contributed by atoms with Crippen LogP contribution in [0.4, 0.5) is 0 Å². The molecule has 1 aliphatic carbocycles. The van der Waals surface area contributed by atoms with E-state index in [9.17, 15) is 4.79 Å². The minimum absolute atomic E-state index is 0.291. The van der Waals surface area contributed by atoms with Gasteiger partial charge in [0.05, 0.1) is 6.42 Å². The lowest BCUT2D eigenvalue weighted by Crippen LogP contribution is -2.18. The molecule has 0 aliphatic heterocycles. The number of hydrogen-bond acceptors (Lipinski definition) is 2. The van der Waals surface area contributed by atoms with E-state index in [1.165, 1.54) is 25.7 Å². The molecule has 1 heterocycles. The third-order valence-electron chi connectivity index (χ3n) is 3.56. The number of imidazole rings is 1. The van der Waals surface area contributed by atoms with Crippen molar-refractivity contribution in [2.24, 2.45) is 13.0 Å². The first kappa shape index (κ1) is 11.4. The number of carbonyl (C=O) groups is 1. The highest BCUT2D eigenvalue weighted by molar-refractivity contribution is 5.82. The second kappa shape index (κ2) is 5.28. The van der Waals surface area contributed by atoms with Crippen molar-refractivity contribution in [2.75, 3.05) is 0 Å². The molecule has 0 radical (unpaired) electrons. The highest BCUT2D eigenvalue weighted by atomic mass is 16.1. The number of rotatable bonds is 3. The summed E-state index contributed by atoms with van der Waals surface area (Å²) in [5.74, 6) is 1.57. The number of ketones is 1. The molecule has 2 rings (SSSR count). The van der Waals surface area contributed by atoms with E-state index in [0.717, 1.165) is 18.7 Å². The first-order valence-electron chi connectivity index (χ1n) is 6.26. The van der Waals surface area contributed by atoms with E-state index >= 15 is 0 Å². The Labute approximate surface area is 96.9 Å². The molecule has 16 heavy (non-hydrogen) atoms. The number of nitrogens with zero attached hydrogens (tertiary/aromatic N) is 2.